The quantitative estimate of drug-likeness (QED) is 0.863. The van der Waals surface area contributed by atoms with E-state index in [0.29, 0.717) is 29.8 Å². The van der Waals surface area contributed by atoms with Crippen LogP contribution in [0.25, 0.3) is 6.08 Å². The SMILES string of the molecule is CC1(C)OB(C(=Cc2ccc3c(c2)C(=O)CCO3)CO)OC1(C)C. The summed E-state index contributed by atoms with van der Waals surface area (Å²) >= 11 is 0. The van der Waals surface area contributed by atoms with Crippen LogP contribution in [0, 0.1) is 0 Å². The van der Waals surface area contributed by atoms with E-state index >= 15 is 0 Å². The summed E-state index contributed by atoms with van der Waals surface area (Å²) in [6, 6.07) is 5.44. The van der Waals surface area contributed by atoms with Crippen molar-refractivity contribution in [3.05, 3.63) is 34.8 Å². The third-order valence-electron chi connectivity index (χ3n) is 4.98. The van der Waals surface area contributed by atoms with Crippen molar-refractivity contribution in [1.82, 2.24) is 0 Å². The number of carbonyl (C=O) groups is 1. The predicted molar refractivity (Wildman–Crippen MR) is 92.0 cm³/mol. The summed E-state index contributed by atoms with van der Waals surface area (Å²) in [6.45, 7) is 8.12. The van der Waals surface area contributed by atoms with Crippen molar-refractivity contribution < 1.29 is 23.9 Å². The fourth-order valence-electron chi connectivity index (χ4n) is 2.77. The van der Waals surface area contributed by atoms with E-state index in [1.165, 1.54) is 0 Å². The summed E-state index contributed by atoms with van der Waals surface area (Å²) in [4.78, 5) is 12.0. The third-order valence-corrected chi connectivity index (χ3v) is 4.98. The van der Waals surface area contributed by atoms with Crippen LogP contribution in [0.15, 0.2) is 23.7 Å². The normalized spacial score (nSPS) is 22.3. The molecule has 2 heterocycles. The van der Waals surface area contributed by atoms with Gasteiger partial charge in [-0.05, 0) is 50.9 Å². The Labute approximate surface area is 142 Å². The van der Waals surface area contributed by atoms with Crippen LogP contribution in [-0.2, 0) is 9.31 Å². The standard InChI is InChI=1S/C18H23BO5/c1-17(2)18(3,4)24-19(23-17)13(11-20)9-12-5-6-16-14(10-12)15(21)7-8-22-16/h5-6,9-10,20H,7-8,11H2,1-4H3. The summed E-state index contributed by atoms with van der Waals surface area (Å²) < 4.78 is 17.5. The van der Waals surface area contributed by atoms with E-state index in [1.54, 1.807) is 12.1 Å². The molecule has 1 aromatic carbocycles. The van der Waals surface area contributed by atoms with Crippen LogP contribution in [0.1, 0.15) is 50.0 Å². The van der Waals surface area contributed by atoms with Gasteiger partial charge in [-0.1, -0.05) is 12.1 Å². The van der Waals surface area contributed by atoms with Gasteiger partial charge in [-0.15, -0.1) is 0 Å². The van der Waals surface area contributed by atoms with E-state index in [4.69, 9.17) is 14.0 Å². The van der Waals surface area contributed by atoms with Crippen LogP contribution < -0.4 is 4.74 Å². The van der Waals surface area contributed by atoms with Crippen LogP contribution in [0.3, 0.4) is 0 Å². The first-order valence-corrected chi connectivity index (χ1v) is 8.20. The van der Waals surface area contributed by atoms with Crippen molar-refractivity contribution in [2.24, 2.45) is 0 Å². The Morgan fingerprint density at radius 1 is 1.25 bits per heavy atom. The highest BCUT2D eigenvalue weighted by Gasteiger charge is 2.52. The number of ether oxygens (including phenoxy) is 1. The average Bonchev–Trinajstić information content (AvgIpc) is 2.73. The number of ketones is 1. The smallest absolute Gasteiger partial charge is 0.492 e. The zero-order valence-electron chi connectivity index (χ0n) is 14.6. The van der Waals surface area contributed by atoms with Crippen molar-refractivity contribution in [1.29, 1.82) is 0 Å². The van der Waals surface area contributed by atoms with Crippen LogP contribution >= 0.6 is 0 Å². The Balaban J connectivity index is 1.89. The Hall–Kier alpha value is -1.63. The highest BCUT2D eigenvalue weighted by molar-refractivity contribution is 6.55. The van der Waals surface area contributed by atoms with Gasteiger partial charge in [0.2, 0.25) is 0 Å². The number of Topliss-reactive ketones (excluding diaryl/α,β-unsaturated/α-hetero) is 1. The molecule has 128 valence electrons. The lowest BCUT2D eigenvalue weighted by Crippen LogP contribution is -2.41. The molecule has 2 aliphatic heterocycles. The zero-order valence-corrected chi connectivity index (χ0v) is 14.6. The minimum atomic E-state index is -0.608. The molecule has 1 N–H and O–H groups in total. The Morgan fingerprint density at radius 2 is 1.92 bits per heavy atom. The van der Waals surface area contributed by atoms with Gasteiger partial charge in [0.1, 0.15) is 5.75 Å². The molecule has 6 heteroatoms. The molecule has 0 unspecified atom stereocenters. The van der Waals surface area contributed by atoms with Crippen LogP contribution in [0.4, 0.5) is 0 Å². The molecule has 24 heavy (non-hydrogen) atoms. The highest BCUT2D eigenvalue weighted by atomic mass is 16.7. The molecule has 1 fully saturated rings. The third kappa shape index (κ3) is 3.01. The molecule has 0 aliphatic carbocycles. The second-order valence-electron chi connectivity index (χ2n) is 7.24. The van der Waals surface area contributed by atoms with Gasteiger partial charge in [-0.25, -0.2) is 0 Å². The Kier molecular flexibility index (Phi) is 4.32. The van der Waals surface area contributed by atoms with Gasteiger partial charge in [0.25, 0.3) is 0 Å². The molecule has 2 aliphatic rings. The summed E-state index contributed by atoms with van der Waals surface area (Å²) in [7, 11) is -0.608. The van der Waals surface area contributed by atoms with Gasteiger partial charge in [0, 0.05) is 6.42 Å². The molecular weight excluding hydrogens is 307 g/mol. The van der Waals surface area contributed by atoms with E-state index < -0.39 is 18.3 Å². The highest BCUT2D eigenvalue weighted by Crippen LogP contribution is 2.39. The first-order valence-electron chi connectivity index (χ1n) is 8.20. The number of hydrogen-bond donors (Lipinski definition) is 1. The molecule has 0 amide bonds. The summed E-state index contributed by atoms with van der Waals surface area (Å²) in [5, 5.41) is 9.76. The molecule has 1 aromatic rings. The van der Waals surface area contributed by atoms with Gasteiger partial charge >= 0.3 is 7.12 Å². The largest absolute Gasteiger partial charge is 0.492 e. The summed E-state index contributed by atoms with van der Waals surface area (Å²) in [5.74, 6) is 0.692. The molecule has 0 bridgehead atoms. The van der Waals surface area contributed by atoms with Crippen molar-refractivity contribution in [2.45, 2.75) is 45.3 Å². The first kappa shape index (κ1) is 17.2. The molecule has 0 atom stereocenters. The van der Waals surface area contributed by atoms with Gasteiger partial charge in [0.05, 0.1) is 30.0 Å². The topological polar surface area (TPSA) is 65.0 Å². The molecule has 0 spiro atoms. The average molecular weight is 330 g/mol. The molecule has 0 saturated carbocycles. The predicted octanol–water partition coefficient (Wildman–Crippen LogP) is 2.66. The number of carbonyl (C=O) groups excluding carboxylic acids is 1. The second-order valence-corrected chi connectivity index (χ2v) is 7.24. The van der Waals surface area contributed by atoms with E-state index in [0.717, 1.165) is 5.56 Å². The van der Waals surface area contributed by atoms with E-state index in [-0.39, 0.29) is 12.4 Å². The second kappa shape index (κ2) is 6.03. The number of benzene rings is 1. The van der Waals surface area contributed by atoms with E-state index in [1.807, 2.05) is 39.8 Å². The summed E-state index contributed by atoms with van der Waals surface area (Å²) in [5.41, 5.74) is 1.09. The molecule has 3 rings (SSSR count). The van der Waals surface area contributed by atoms with Gasteiger partial charge in [-0.2, -0.15) is 0 Å². The van der Waals surface area contributed by atoms with E-state index in [2.05, 4.69) is 0 Å². The molecule has 0 aromatic heterocycles. The van der Waals surface area contributed by atoms with Crippen molar-refractivity contribution in [3.8, 4) is 5.75 Å². The molecule has 5 nitrogen and oxygen atoms in total. The maximum absolute atomic E-state index is 12.0. The van der Waals surface area contributed by atoms with Crippen molar-refractivity contribution in [2.75, 3.05) is 13.2 Å². The molecular formula is C18H23BO5. The van der Waals surface area contributed by atoms with Gasteiger partial charge in [-0.3, -0.25) is 4.79 Å². The molecule has 1 saturated heterocycles. The zero-order chi connectivity index (χ0) is 17.5. The number of rotatable bonds is 3. The van der Waals surface area contributed by atoms with Gasteiger partial charge in [0.15, 0.2) is 5.78 Å². The maximum atomic E-state index is 12.0. The van der Waals surface area contributed by atoms with Crippen LogP contribution in [0.2, 0.25) is 0 Å². The lowest BCUT2D eigenvalue weighted by molar-refractivity contribution is 0.00578. The summed E-state index contributed by atoms with van der Waals surface area (Å²) in [6.07, 6.45) is 2.20. The maximum Gasteiger partial charge on any atom is 0.492 e. The lowest BCUT2D eigenvalue weighted by atomic mass is 9.77. The fraction of sp³-hybridized carbons (Fsp3) is 0.500. The molecule has 0 radical (unpaired) electrons. The van der Waals surface area contributed by atoms with Crippen molar-refractivity contribution >= 4 is 19.0 Å². The Bertz CT molecular complexity index is 677. The monoisotopic (exact) mass is 330 g/mol. The van der Waals surface area contributed by atoms with Gasteiger partial charge < -0.3 is 19.2 Å². The number of hydrogen-bond acceptors (Lipinski definition) is 5. The van der Waals surface area contributed by atoms with Crippen molar-refractivity contribution in [3.63, 3.8) is 0 Å². The van der Waals surface area contributed by atoms with E-state index in [9.17, 15) is 9.90 Å². The van der Waals surface area contributed by atoms with Crippen LogP contribution in [0.5, 0.6) is 5.75 Å². The number of aliphatic hydroxyl groups is 1. The number of fused-ring (bicyclic) bond motifs is 1. The number of aliphatic hydroxyl groups excluding tert-OH is 1. The lowest BCUT2D eigenvalue weighted by Gasteiger charge is -2.32. The van der Waals surface area contributed by atoms with Crippen LogP contribution in [-0.4, -0.2) is 42.4 Å². The Morgan fingerprint density at radius 3 is 2.54 bits per heavy atom. The minimum Gasteiger partial charge on any atom is -0.492 e. The first-order chi connectivity index (χ1) is 11.2. The fourth-order valence-corrected chi connectivity index (χ4v) is 2.77. The minimum absolute atomic E-state index is 0.0766.